The molecule has 0 bridgehead atoms. The largest absolute Gasteiger partial charge is 0.437 e. The molecular weight excluding hydrogens is 406 g/mol. The van der Waals surface area contributed by atoms with Crippen molar-refractivity contribution in [3.63, 3.8) is 0 Å². The van der Waals surface area contributed by atoms with E-state index < -0.39 is 11.7 Å². The third kappa shape index (κ3) is 4.78. The number of aromatic nitrogens is 1. The fourth-order valence-corrected chi connectivity index (χ4v) is 2.87. The third-order valence-corrected chi connectivity index (χ3v) is 4.26. The van der Waals surface area contributed by atoms with Crippen molar-refractivity contribution in [1.82, 2.24) is 10.3 Å². The first kappa shape index (κ1) is 20.1. The topological polar surface area (TPSA) is 71.5 Å². The summed E-state index contributed by atoms with van der Waals surface area (Å²) in [5.41, 5.74) is 0.680. The molecule has 0 unspecified atom stereocenters. The van der Waals surface area contributed by atoms with E-state index in [1.54, 1.807) is 30.3 Å². The predicted octanol–water partition coefficient (Wildman–Crippen LogP) is 4.71. The molecule has 144 valence electrons. The van der Waals surface area contributed by atoms with Crippen LogP contribution in [0.3, 0.4) is 0 Å². The Hall–Kier alpha value is -2.67. The molecule has 0 aliphatic rings. The molecule has 2 N–H and O–H groups in total. The first-order valence-corrected chi connectivity index (χ1v) is 9.02. The van der Waals surface area contributed by atoms with Crippen LogP contribution in [0.25, 0.3) is 11.3 Å². The lowest BCUT2D eigenvalue weighted by molar-refractivity contribution is 0.0945. The number of ether oxygens (including phenoxy) is 1. The standard InChI is InChI=1S/C20H15Cl2FN2O3/c21-13-5-7-18(15(22)11-13)28-19-3-1-2-17(25-19)14-10-12(4-6-16(14)23)20(27)24-8-9-26/h1-7,10-11,26H,8-9H2,(H,24,27). The van der Waals surface area contributed by atoms with Crippen molar-refractivity contribution in [3.8, 4) is 22.9 Å². The second-order valence-electron chi connectivity index (χ2n) is 5.71. The third-order valence-electron chi connectivity index (χ3n) is 3.73. The summed E-state index contributed by atoms with van der Waals surface area (Å²) in [6, 6.07) is 13.6. The molecule has 1 amide bonds. The van der Waals surface area contributed by atoms with E-state index in [1.165, 1.54) is 24.3 Å². The summed E-state index contributed by atoms with van der Waals surface area (Å²) < 4.78 is 20.0. The van der Waals surface area contributed by atoms with Gasteiger partial charge in [0.1, 0.15) is 11.6 Å². The molecular formula is C20H15Cl2FN2O3. The average Bonchev–Trinajstić information content (AvgIpc) is 2.69. The van der Waals surface area contributed by atoms with Crippen molar-refractivity contribution in [2.45, 2.75) is 0 Å². The first-order chi connectivity index (χ1) is 13.5. The van der Waals surface area contributed by atoms with Gasteiger partial charge in [-0.05, 0) is 42.5 Å². The lowest BCUT2D eigenvalue weighted by Gasteiger charge is -2.10. The van der Waals surface area contributed by atoms with Crippen LogP contribution in [0.4, 0.5) is 4.39 Å². The average molecular weight is 421 g/mol. The molecule has 1 aromatic heterocycles. The van der Waals surface area contributed by atoms with Gasteiger partial charge in [-0.15, -0.1) is 0 Å². The smallest absolute Gasteiger partial charge is 0.251 e. The van der Waals surface area contributed by atoms with E-state index in [0.717, 1.165) is 0 Å². The van der Waals surface area contributed by atoms with Crippen molar-refractivity contribution in [2.24, 2.45) is 0 Å². The van der Waals surface area contributed by atoms with Crippen LogP contribution in [0, 0.1) is 5.82 Å². The lowest BCUT2D eigenvalue weighted by Crippen LogP contribution is -2.26. The SMILES string of the molecule is O=C(NCCO)c1ccc(F)c(-c2cccc(Oc3ccc(Cl)cc3Cl)n2)c1. The zero-order valence-electron chi connectivity index (χ0n) is 14.5. The van der Waals surface area contributed by atoms with Crippen molar-refractivity contribution in [1.29, 1.82) is 0 Å². The first-order valence-electron chi connectivity index (χ1n) is 8.27. The van der Waals surface area contributed by atoms with Gasteiger partial charge in [-0.1, -0.05) is 29.3 Å². The molecule has 0 saturated carbocycles. The van der Waals surface area contributed by atoms with E-state index in [9.17, 15) is 9.18 Å². The monoisotopic (exact) mass is 420 g/mol. The maximum absolute atomic E-state index is 14.3. The number of halogens is 3. The van der Waals surface area contributed by atoms with Gasteiger partial charge in [0.15, 0.2) is 0 Å². The number of hydrogen-bond acceptors (Lipinski definition) is 4. The lowest BCUT2D eigenvalue weighted by atomic mass is 10.1. The van der Waals surface area contributed by atoms with Gasteiger partial charge in [0, 0.05) is 28.8 Å². The van der Waals surface area contributed by atoms with Gasteiger partial charge in [-0.25, -0.2) is 9.37 Å². The summed E-state index contributed by atoms with van der Waals surface area (Å²) in [6.07, 6.45) is 0. The van der Waals surface area contributed by atoms with Crippen LogP contribution in [0.2, 0.25) is 10.0 Å². The fourth-order valence-electron chi connectivity index (χ4n) is 2.43. The second-order valence-corrected chi connectivity index (χ2v) is 6.56. The minimum Gasteiger partial charge on any atom is -0.437 e. The maximum Gasteiger partial charge on any atom is 0.251 e. The molecule has 0 fully saturated rings. The highest BCUT2D eigenvalue weighted by molar-refractivity contribution is 6.35. The summed E-state index contributed by atoms with van der Waals surface area (Å²) in [7, 11) is 0. The summed E-state index contributed by atoms with van der Waals surface area (Å²) >= 11 is 12.0. The molecule has 0 aliphatic heterocycles. The molecule has 0 atom stereocenters. The number of nitrogens with zero attached hydrogens (tertiary/aromatic N) is 1. The quantitative estimate of drug-likeness (QED) is 0.605. The molecule has 2 aromatic carbocycles. The number of carbonyl (C=O) groups excluding carboxylic acids is 1. The van der Waals surface area contributed by atoms with Crippen molar-refractivity contribution >= 4 is 29.1 Å². The van der Waals surface area contributed by atoms with Gasteiger partial charge in [-0.3, -0.25) is 4.79 Å². The molecule has 28 heavy (non-hydrogen) atoms. The molecule has 0 saturated heterocycles. The molecule has 1 heterocycles. The molecule has 0 aliphatic carbocycles. The zero-order chi connectivity index (χ0) is 20.1. The Morgan fingerprint density at radius 2 is 1.96 bits per heavy atom. The Kier molecular flexibility index (Phi) is 6.46. The molecule has 8 heteroatoms. The molecule has 0 radical (unpaired) electrons. The van der Waals surface area contributed by atoms with Gasteiger partial charge in [0.05, 0.1) is 17.3 Å². The van der Waals surface area contributed by atoms with Gasteiger partial charge in [-0.2, -0.15) is 0 Å². The van der Waals surface area contributed by atoms with E-state index in [-0.39, 0.29) is 35.9 Å². The number of amides is 1. The Balaban J connectivity index is 1.90. The Morgan fingerprint density at radius 1 is 1.14 bits per heavy atom. The summed E-state index contributed by atoms with van der Waals surface area (Å²) in [4.78, 5) is 16.4. The number of hydrogen-bond donors (Lipinski definition) is 2. The minimum absolute atomic E-state index is 0.106. The molecule has 3 aromatic rings. The van der Waals surface area contributed by atoms with Gasteiger partial charge in [0.2, 0.25) is 5.88 Å². The Morgan fingerprint density at radius 3 is 2.71 bits per heavy atom. The van der Waals surface area contributed by atoms with Crippen molar-refractivity contribution in [3.05, 3.63) is 76.0 Å². The van der Waals surface area contributed by atoms with Crippen LogP contribution < -0.4 is 10.1 Å². The number of aliphatic hydroxyl groups is 1. The highest BCUT2D eigenvalue weighted by Gasteiger charge is 2.13. The van der Waals surface area contributed by atoms with Crippen molar-refractivity contribution < 1.29 is 19.0 Å². The maximum atomic E-state index is 14.3. The van der Waals surface area contributed by atoms with E-state index >= 15 is 0 Å². The second kappa shape index (κ2) is 9.01. The predicted molar refractivity (Wildman–Crippen MR) is 106 cm³/mol. The van der Waals surface area contributed by atoms with Gasteiger partial charge in [0.25, 0.3) is 5.91 Å². The number of benzene rings is 2. The van der Waals surface area contributed by atoms with E-state index in [4.69, 9.17) is 33.0 Å². The van der Waals surface area contributed by atoms with Gasteiger partial charge >= 0.3 is 0 Å². The number of aliphatic hydroxyl groups excluding tert-OH is 1. The van der Waals surface area contributed by atoms with Crippen LogP contribution in [-0.2, 0) is 0 Å². The summed E-state index contributed by atoms with van der Waals surface area (Å²) in [5.74, 6) is -0.395. The van der Waals surface area contributed by atoms with Crippen LogP contribution in [-0.4, -0.2) is 29.1 Å². The van der Waals surface area contributed by atoms with Crippen molar-refractivity contribution in [2.75, 3.05) is 13.2 Å². The molecule has 3 rings (SSSR count). The normalized spacial score (nSPS) is 10.6. The van der Waals surface area contributed by atoms with Gasteiger partial charge < -0.3 is 15.2 Å². The summed E-state index contributed by atoms with van der Waals surface area (Å²) in [5, 5.41) is 12.1. The Bertz CT molecular complexity index is 1010. The summed E-state index contributed by atoms with van der Waals surface area (Å²) in [6.45, 7) is -0.0804. The van der Waals surface area contributed by atoms with Crippen LogP contribution in [0.15, 0.2) is 54.6 Å². The number of carbonyl (C=O) groups is 1. The highest BCUT2D eigenvalue weighted by Crippen LogP contribution is 2.32. The highest BCUT2D eigenvalue weighted by atomic mass is 35.5. The van der Waals surface area contributed by atoms with Crippen LogP contribution in [0.1, 0.15) is 10.4 Å². The molecule has 5 nitrogen and oxygen atoms in total. The Labute approximate surface area is 170 Å². The van der Waals surface area contributed by atoms with Crippen LogP contribution in [0.5, 0.6) is 11.6 Å². The van der Waals surface area contributed by atoms with E-state index in [1.807, 2.05) is 0 Å². The number of rotatable bonds is 6. The number of nitrogens with one attached hydrogen (secondary N) is 1. The van der Waals surface area contributed by atoms with Crippen LogP contribution >= 0.6 is 23.2 Å². The fraction of sp³-hybridized carbons (Fsp3) is 0.100. The zero-order valence-corrected chi connectivity index (χ0v) is 16.0. The minimum atomic E-state index is -0.534. The van der Waals surface area contributed by atoms with E-state index in [0.29, 0.717) is 15.8 Å². The number of pyridine rings is 1. The molecule has 0 spiro atoms. The van der Waals surface area contributed by atoms with E-state index in [2.05, 4.69) is 10.3 Å².